The van der Waals surface area contributed by atoms with Gasteiger partial charge in [-0.25, -0.2) is 4.79 Å². The Kier molecular flexibility index (Phi) is 3.67. The average molecular weight is 352 g/mol. The molecule has 4 nitrogen and oxygen atoms in total. The molecule has 1 aromatic carbocycles. The molecular weight excluding hydrogens is 324 g/mol. The average Bonchev–Trinajstić information content (AvgIpc) is 2.48. The van der Waals surface area contributed by atoms with Crippen molar-refractivity contribution in [2.45, 2.75) is 77.0 Å². The Balaban J connectivity index is 1.42. The summed E-state index contributed by atoms with van der Waals surface area (Å²) in [4.78, 5) is 14.8. The van der Waals surface area contributed by atoms with Gasteiger partial charge in [-0.15, -0.1) is 0 Å². The first-order chi connectivity index (χ1) is 12.2. The fraction of sp³-hybridized carbons (Fsp3) is 0.636. The predicted octanol–water partition coefficient (Wildman–Crippen LogP) is 5.04. The fourth-order valence-corrected chi connectivity index (χ4v) is 5.18. The summed E-state index contributed by atoms with van der Waals surface area (Å²) in [6.45, 7) is 6.67. The minimum Gasteiger partial charge on any atom is -0.443 e. The molecule has 0 radical (unpaired) electrons. The summed E-state index contributed by atoms with van der Waals surface area (Å²) in [7, 11) is 0. The van der Waals surface area contributed by atoms with Crippen molar-refractivity contribution in [3.05, 3.63) is 35.9 Å². The van der Waals surface area contributed by atoms with Gasteiger partial charge in [-0.2, -0.15) is 5.26 Å². The van der Waals surface area contributed by atoms with Crippen LogP contribution in [0.4, 0.5) is 4.79 Å². The Morgan fingerprint density at radius 1 is 1.19 bits per heavy atom. The van der Waals surface area contributed by atoms with Crippen LogP contribution in [0.3, 0.4) is 0 Å². The largest absolute Gasteiger partial charge is 0.443 e. The molecule has 5 rings (SSSR count). The SMILES string of the molecule is CC(C)(C)N(Cc1ccccc1)C(=O)OC12CC(C3(C#N)CCC3)(C1)C2. The van der Waals surface area contributed by atoms with Crippen LogP contribution in [0.1, 0.15) is 64.9 Å². The first kappa shape index (κ1) is 17.4. The second-order valence-corrected chi connectivity index (χ2v) is 9.65. The molecule has 0 atom stereocenters. The van der Waals surface area contributed by atoms with Gasteiger partial charge in [-0.3, -0.25) is 4.90 Å². The third-order valence-corrected chi connectivity index (χ3v) is 6.94. The van der Waals surface area contributed by atoms with E-state index in [2.05, 4.69) is 6.07 Å². The van der Waals surface area contributed by atoms with Crippen molar-refractivity contribution in [1.29, 1.82) is 5.26 Å². The van der Waals surface area contributed by atoms with E-state index >= 15 is 0 Å². The number of nitriles is 1. The van der Waals surface area contributed by atoms with Gasteiger partial charge in [0.25, 0.3) is 0 Å². The summed E-state index contributed by atoms with van der Waals surface area (Å²) in [5.41, 5.74) is 0.486. The van der Waals surface area contributed by atoms with Gasteiger partial charge in [0.2, 0.25) is 0 Å². The number of ether oxygens (including phenoxy) is 1. The van der Waals surface area contributed by atoms with E-state index in [1.807, 2.05) is 56.0 Å². The van der Waals surface area contributed by atoms with E-state index in [9.17, 15) is 10.1 Å². The molecular formula is C22H28N2O2. The van der Waals surface area contributed by atoms with E-state index in [0.717, 1.165) is 44.1 Å². The van der Waals surface area contributed by atoms with Crippen molar-refractivity contribution in [2.75, 3.05) is 0 Å². The van der Waals surface area contributed by atoms with Crippen molar-refractivity contribution >= 4 is 6.09 Å². The Morgan fingerprint density at radius 2 is 1.81 bits per heavy atom. The highest BCUT2D eigenvalue weighted by atomic mass is 16.6. The second kappa shape index (κ2) is 5.49. The minimum atomic E-state index is -0.310. The monoisotopic (exact) mass is 352 g/mol. The van der Waals surface area contributed by atoms with Crippen LogP contribution in [-0.4, -0.2) is 22.1 Å². The predicted molar refractivity (Wildman–Crippen MR) is 99.1 cm³/mol. The van der Waals surface area contributed by atoms with E-state index in [0.29, 0.717) is 6.54 Å². The molecule has 0 heterocycles. The smallest absolute Gasteiger partial charge is 0.411 e. The zero-order valence-corrected chi connectivity index (χ0v) is 16.0. The van der Waals surface area contributed by atoms with Crippen molar-refractivity contribution in [3.63, 3.8) is 0 Å². The maximum atomic E-state index is 13.0. The molecule has 4 heteroatoms. The second-order valence-electron chi connectivity index (χ2n) is 9.65. The van der Waals surface area contributed by atoms with Crippen LogP contribution in [0.15, 0.2) is 30.3 Å². The van der Waals surface area contributed by atoms with Crippen LogP contribution in [-0.2, 0) is 11.3 Å². The third kappa shape index (κ3) is 2.44. The molecule has 0 N–H and O–H groups in total. The highest BCUT2D eigenvalue weighted by molar-refractivity contribution is 5.70. The molecule has 4 aliphatic carbocycles. The Bertz CT molecular complexity index is 733. The molecule has 1 amide bonds. The lowest BCUT2D eigenvalue weighted by Gasteiger charge is -2.75. The topological polar surface area (TPSA) is 53.3 Å². The number of benzene rings is 1. The van der Waals surface area contributed by atoms with Gasteiger partial charge in [0.1, 0.15) is 5.60 Å². The molecule has 4 saturated carbocycles. The molecule has 0 aromatic heterocycles. The molecule has 4 aliphatic rings. The van der Waals surface area contributed by atoms with Crippen LogP contribution >= 0.6 is 0 Å². The van der Waals surface area contributed by atoms with Gasteiger partial charge >= 0.3 is 6.09 Å². The number of amides is 1. The lowest BCUT2D eigenvalue weighted by Crippen LogP contribution is -2.75. The molecule has 138 valence electrons. The van der Waals surface area contributed by atoms with Gasteiger partial charge in [0, 0.05) is 17.5 Å². The Hall–Kier alpha value is -2.02. The normalized spacial score (nSPS) is 30.8. The highest BCUT2D eigenvalue weighted by Gasteiger charge is 2.78. The Morgan fingerprint density at radius 3 is 2.27 bits per heavy atom. The molecule has 0 saturated heterocycles. The number of hydrogen-bond donors (Lipinski definition) is 0. The maximum Gasteiger partial charge on any atom is 0.411 e. The van der Waals surface area contributed by atoms with Gasteiger partial charge < -0.3 is 4.74 Å². The molecule has 0 spiro atoms. The quantitative estimate of drug-likeness (QED) is 0.763. The van der Waals surface area contributed by atoms with Crippen LogP contribution in [0.5, 0.6) is 0 Å². The molecule has 2 bridgehead atoms. The summed E-state index contributed by atoms with van der Waals surface area (Å²) in [6, 6.07) is 12.6. The highest BCUT2D eigenvalue weighted by Crippen LogP contribution is 2.79. The van der Waals surface area contributed by atoms with Crippen molar-refractivity contribution in [3.8, 4) is 6.07 Å². The molecule has 0 unspecified atom stereocenters. The van der Waals surface area contributed by atoms with Crippen LogP contribution in [0.2, 0.25) is 0 Å². The van der Waals surface area contributed by atoms with E-state index < -0.39 is 0 Å². The Labute approximate surface area is 156 Å². The summed E-state index contributed by atoms with van der Waals surface area (Å²) >= 11 is 0. The minimum absolute atomic E-state index is 0.130. The van der Waals surface area contributed by atoms with Crippen LogP contribution in [0.25, 0.3) is 0 Å². The number of carbonyl (C=O) groups is 1. The number of carbonyl (C=O) groups excluding carboxylic acids is 1. The third-order valence-electron chi connectivity index (χ3n) is 6.94. The zero-order chi connectivity index (χ0) is 18.6. The summed E-state index contributed by atoms with van der Waals surface area (Å²) in [5, 5.41) is 9.62. The van der Waals surface area contributed by atoms with Crippen molar-refractivity contribution < 1.29 is 9.53 Å². The first-order valence-electron chi connectivity index (χ1n) is 9.69. The van der Waals surface area contributed by atoms with E-state index in [4.69, 9.17) is 4.74 Å². The molecule has 1 aromatic rings. The lowest BCUT2D eigenvalue weighted by atomic mass is 9.30. The van der Waals surface area contributed by atoms with Crippen LogP contribution in [0, 0.1) is 22.2 Å². The van der Waals surface area contributed by atoms with Crippen LogP contribution < -0.4 is 0 Å². The maximum absolute atomic E-state index is 13.0. The first-order valence-corrected chi connectivity index (χ1v) is 9.69. The standard InChI is InChI=1S/C22H28N2O2/c1-19(2,3)24(12-17-8-5-4-6-9-17)18(25)26-22-13-21(14-22,15-22)20(16-23)10-7-11-20/h4-6,8-9H,7,10-15H2,1-3H3. The molecule has 26 heavy (non-hydrogen) atoms. The van der Waals surface area contributed by atoms with Crippen molar-refractivity contribution in [2.24, 2.45) is 10.8 Å². The zero-order valence-electron chi connectivity index (χ0n) is 16.0. The number of nitrogens with zero attached hydrogens (tertiary/aromatic N) is 2. The summed E-state index contributed by atoms with van der Waals surface area (Å²) in [5.74, 6) is 0. The summed E-state index contributed by atoms with van der Waals surface area (Å²) in [6.07, 6.45) is 5.62. The van der Waals surface area contributed by atoms with E-state index in [-0.39, 0.29) is 28.1 Å². The van der Waals surface area contributed by atoms with E-state index in [1.54, 1.807) is 0 Å². The number of rotatable bonds is 4. The summed E-state index contributed by atoms with van der Waals surface area (Å²) < 4.78 is 6.01. The van der Waals surface area contributed by atoms with Crippen molar-refractivity contribution in [1.82, 2.24) is 4.90 Å². The van der Waals surface area contributed by atoms with Gasteiger partial charge in [-0.05, 0) is 58.4 Å². The molecule has 4 fully saturated rings. The fourth-order valence-electron chi connectivity index (χ4n) is 5.18. The lowest BCUT2D eigenvalue weighted by molar-refractivity contribution is -0.311. The van der Waals surface area contributed by atoms with E-state index in [1.165, 1.54) is 0 Å². The van der Waals surface area contributed by atoms with Gasteiger partial charge in [-0.1, -0.05) is 36.8 Å². The van der Waals surface area contributed by atoms with Gasteiger partial charge in [0.15, 0.2) is 0 Å². The number of hydrogen-bond acceptors (Lipinski definition) is 3. The van der Waals surface area contributed by atoms with Gasteiger partial charge in [0.05, 0.1) is 11.5 Å². The molecule has 0 aliphatic heterocycles.